The molecule has 5 rings (SSSR count). The van der Waals surface area contributed by atoms with Gasteiger partial charge in [0.1, 0.15) is 4.60 Å². The van der Waals surface area contributed by atoms with Crippen molar-refractivity contribution in [2.45, 2.75) is 0 Å². The molecule has 138 valence electrons. The molecule has 3 aromatic heterocycles. The first kappa shape index (κ1) is 17.7. The van der Waals surface area contributed by atoms with Crippen LogP contribution in [0.5, 0.6) is 0 Å². The van der Waals surface area contributed by atoms with Gasteiger partial charge in [0, 0.05) is 18.0 Å². The third-order valence-electron chi connectivity index (χ3n) is 4.86. The van der Waals surface area contributed by atoms with E-state index in [-0.39, 0.29) is 0 Å². The summed E-state index contributed by atoms with van der Waals surface area (Å²) in [7, 11) is 0. The zero-order valence-electron chi connectivity index (χ0n) is 15.5. The molecule has 0 unspecified atom stereocenters. The molecule has 0 saturated heterocycles. The Kier molecular flexibility index (Phi) is 4.62. The fourth-order valence-corrected chi connectivity index (χ4v) is 3.76. The molecule has 0 aliphatic rings. The molecule has 0 spiro atoms. The van der Waals surface area contributed by atoms with E-state index in [4.69, 9.17) is 4.98 Å². The molecule has 29 heavy (non-hydrogen) atoms. The Morgan fingerprint density at radius 3 is 2.14 bits per heavy atom. The molecule has 0 aliphatic carbocycles. The predicted octanol–water partition coefficient (Wildman–Crippen LogP) is 6.79. The number of benzene rings is 2. The zero-order valence-corrected chi connectivity index (χ0v) is 17.0. The van der Waals surface area contributed by atoms with Gasteiger partial charge in [0.2, 0.25) is 0 Å². The second kappa shape index (κ2) is 7.57. The van der Waals surface area contributed by atoms with E-state index in [1.54, 1.807) is 12.4 Å². The van der Waals surface area contributed by atoms with Crippen LogP contribution >= 0.6 is 15.9 Å². The van der Waals surface area contributed by atoms with Crippen molar-refractivity contribution in [3.05, 3.63) is 102 Å². The normalized spacial score (nSPS) is 10.9. The Morgan fingerprint density at radius 1 is 0.517 bits per heavy atom. The average molecular weight is 438 g/mol. The lowest BCUT2D eigenvalue weighted by Crippen LogP contribution is -1.93. The average Bonchev–Trinajstić information content (AvgIpc) is 2.79. The summed E-state index contributed by atoms with van der Waals surface area (Å²) in [6.07, 6.45) is 3.58. The molecule has 3 nitrogen and oxygen atoms in total. The molecule has 2 aromatic carbocycles. The Balaban J connectivity index is 1.72. The Bertz CT molecular complexity index is 1320. The van der Waals surface area contributed by atoms with Crippen molar-refractivity contribution in [1.29, 1.82) is 0 Å². The van der Waals surface area contributed by atoms with Gasteiger partial charge in [-0.2, -0.15) is 0 Å². The summed E-state index contributed by atoms with van der Waals surface area (Å²) >= 11 is 3.47. The summed E-state index contributed by atoms with van der Waals surface area (Å²) in [5.74, 6) is 0. The van der Waals surface area contributed by atoms with Crippen molar-refractivity contribution >= 4 is 26.7 Å². The predicted molar refractivity (Wildman–Crippen MR) is 121 cm³/mol. The Labute approximate surface area is 177 Å². The quantitative estimate of drug-likeness (QED) is 0.291. The largest absolute Gasteiger partial charge is 0.265 e. The van der Waals surface area contributed by atoms with Crippen LogP contribution in [0.3, 0.4) is 0 Å². The van der Waals surface area contributed by atoms with Gasteiger partial charge in [-0.05, 0) is 80.3 Å². The van der Waals surface area contributed by atoms with E-state index in [0.29, 0.717) is 0 Å². The van der Waals surface area contributed by atoms with Gasteiger partial charge < -0.3 is 0 Å². The second-order valence-electron chi connectivity index (χ2n) is 6.77. The van der Waals surface area contributed by atoms with E-state index >= 15 is 0 Å². The lowest BCUT2D eigenvalue weighted by molar-refractivity contribution is 1.22. The van der Waals surface area contributed by atoms with Crippen LogP contribution in [0.15, 0.2) is 102 Å². The minimum Gasteiger partial charge on any atom is -0.265 e. The van der Waals surface area contributed by atoms with E-state index in [9.17, 15) is 0 Å². The van der Waals surface area contributed by atoms with Crippen LogP contribution in [0.25, 0.3) is 44.5 Å². The molecule has 0 bridgehead atoms. The van der Waals surface area contributed by atoms with Crippen molar-refractivity contribution in [2.75, 3.05) is 0 Å². The molecule has 0 atom stereocenters. The van der Waals surface area contributed by atoms with Crippen molar-refractivity contribution < 1.29 is 0 Å². The first-order valence-electron chi connectivity index (χ1n) is 9.31. The topological polar surface area (TPSA) is 38.7 Å². The summed E-state index contributed by atoms with van der Waals surface area (Å²) in [6.45, 7) is 0. The number of fused-ring (bicyclic) bond motifs is 1. The fraction of sp³-hybridized carbons (Fsp3) is 0. The Morgan fingerprint density at radius 2 is 1.31 bits per heavy atom. The number of hydrogen-bond donors (Lipinski definition) is 0. The van der Waals surface area contributed by atoms with Crippen LogP contribution in [0.2, 0.25) is 0 Å². The molecular formula is C25H16BrN3. The lowest BCUT2D eigenvalue weighted by atomic mass is 9.99. The highest BCUT2D eigenvalue weighted by molar-refractivity contribution is 9.10. The molecule has 4 heteroatoms. The highest BCUT2D eigenvalue weighted by Gasteiger charge is 2.10. The molecule has 0 N–H and O–H groups in total. The Hall–Kier alpha value is -3.37. The maximum absolute atomic E-state index is 4.89. The summed E-state index contributed by atoms with van der Waals surface area (Å²) < 4.78 is 0.790. The van der Waals surface area contributed by atoms with Gasteiger partial charge in [0.05, 0.1) is 17.1 Å². The molecular weight excluding hydrogens is 422 g/mol. The number of pyridine rings is 3. The van der Waals surface area contributed by atoms with Gasteiger partial charge in [-0.15, -0.1) is 0 Å². The molecule has 0 radical (unpaired) electrons. The number of hydrogen-bond acceptors (Lipinski definition) is 3. The number of nitrogens with zero attached hydrogens (tertiary/aromatic N) is 3. The summed E-state index contributed by atoms with van der Waals surface area (Å²) in [5, 5.41) is 2.45. The van der Waals surface area contributed by atoms with Gasteiger partial charge in [-0.3, -0.25) is 4.98 Å². The van der Waals surface area contributed by atoms with E-state index in [1.807, 2.05) is 30.3 Å². The highest BCUT2D eigenvalue weighted by atomic mass is 79.9. The van der Waals surface area contributed by atoms with E-state index in [0.717, 1.165) is 38.4 Å². The van der Waals surface area contributed by atoms with Crippen molar-refractivity contribution in [1.82, 2.24) is 15.0 Å². The molecule has 0 aliphatic heterocycles. The van der Waals surface area contributed by atoms with Gasteiger partial charge in [-0.25, -0.2) is 9.97 Å². The van der Waals surface area contributed by atoms with Crippen LogP contribution in [-0.2, 0) is 0 Å². The van der Waals surface area contributed by atoms with Gasteiger partial charge >= 0.3 is 0 Å². The van der Waals surface area contributed by atoms with Crippen molar-refractivity contribution in [3.63, 3.8) is 0 Å². The van der Waals surface area contributed by atoms with E-state index in [2.05, 4.69) is 80.5 Å². The zero-order chi connectivity index (χ0) is 19.6. The smallest absolute Gasteiger partial charge is 0.106 e. The van der Waals surface area contributed by atoms with Crippen LogP contribution in [0, 0.1) is 0 Å². The van der Waals surface area contributed by atoms with Crippen LogP contribution in [0.4, 0.5) is 0 Å². The third-order valence-corrected chi connectivity index (χ3v) is 5.30. The molecule has 3 heterocycles. The lowest BCUT2D eigenvalue weighted by Gasteiger charge is -2.11. The maximum Gasteiger partial charge on any atom is 0.106 e. The van der Waals surface area contributed by atoms with Crippen molar-refractivity contribution in [2.24, 2.45) is 0 Å². The third kappa shape index (κ3) is 3.67. The summed E-state index contributed by atoms with van der Waals surface area (Å²) in [4.78, 5) is 13.6. The number of aromatic nitrogens is 3. The van der Waals surface area contributed by atoms with E-state index in [1.165, 1.54) is 10.8 Å². The van der Waals surface area contributed by atoms with Gasteiger partial charge in [0.15, 0.2) is 0 Å². The minimum atomic E-state index is 0.790. The SMILES string of the molecule is Brc1cccc(-c2cc(-c3ccc4ccccc4c3)cc(-c3ccncc3)n2)n1. The first-order valence-corrected chi connectivity index (χ1v) is 10.1. The van der Waals surface area contributed by atoms with Crippen LogP contribution < -0.4 is 0 Å². The summed E-state index contributed by atoms with van der Waals surface area (Å²) in [5.41, 5.74) is 5.85. The standard InChI is InChI=1S/C25H16BrN3/c26-25-7-3-6-22(29-25)24-16-21(15-23(28-24)18-10-12-27-13-11-18)20-9-8-17-4-1-2-5-19(17)14-20/h1-16H. The van der Waals surface area contributed by atoms with Gasteiger partial charge in [0.25, 0.3) is 0 Å². The summed E-state index contributed by atoms with van der Waals surface area (Å²) in [6, 6.07) is 29.0. The van der Waals surface area contributed by atoms with Gasteiger partial charge in [-0.1, -0.05) is 42.5 Å². The number of rotatable bonds is 3. The van der Waals surface area contributed by atoms with Crippen LogP contribution in [-0.4, -0.2) is 15.0 Å². The van der Waals surface area contributed by atoms with Crippen LogP contribution in [0.1, 0.15) is 0 Å². The highest BCUT2D eigenvalue weighted by Crippen LogP contribution is 2.31. The minimum absolute atomic E-state index is 0.790. The fourth-order valence-electron chi connectivity index (χ4n) is 3.42. The van der Waals surface area contributed by atoms with E-state index < -0.39 is 0 Å². The molecule has 0 saturated carbocycles. The maximum atomic E-state index is 4.89. The molecule has 0 fully saturated rings. The van der Waals surface area contributed by atoms with Crippen molar-refractivity contribution in [3.8, 4) is 33.8 Å². The molecule has 5 aromatic rings. The monoisotopic (exact) mass is 437 g/mol. The first-order chi connectivity index (χ1) is 14.3. The molecule has 0 amide bonds. The second-order valence-corrected chi connectivity index (χ2v) is 7.58. The number of halogens is 1.